The van der Waals surface area contributed by atoms with Gasteiger partial charge in [0.15, 0.2) is 0 Å². The molecular weight excluding hydrogens is 250 g/mol. The summed E-state index contributed by atoms with van der Waals surface area (Å²) in [4.78, 5) is 11.9. The van der Waals surface area contributed by atoms with E-state index >= 15 is 0 Å². The highest BCUT2D eigenvalue weighted by molar-refractivity contribution is 6.30. The number of carbonyl (C=O) groups is 1. The molecule has 0 saturated heterocycles. The molecule has 0 aliphatic rings. The number of carbonyl (C=O) groups excluding carboxylic acids is 1. The minimum Gasteiger partial charge on any atom is -0.396 e. The van der Waals surface area contributed by atoms with Gasteiger partial charge >= 0.3 is 0 Å². The highest BCUT2D eigenvalue weighted by Crippen LogP contribution is 2.20. The van der Waals surface area contributed by atoms with Crippen molar-refractivity contribution in [2.75, 3.05) is 13.2 Å². The Kier molecular flexibility index (Phi) is 6.76. The standard InChI is InChI=1S/C14H20ClNO2/c1-2-11(8-9-17)10-16-14(18)13(15)12-6-4-3-5-7-12/h3-7,11,13,17H,2,8-10H2,1H3,(H,16,18). The molecule has 4 heteroatoms. The van der Waals surface area contributed by atoms with Crippen LogP contribution >= 0.6 is 11.6 Å². The topological polar surface area (TPSA) is 49.3 Å². The number of hydrogen-bond donors (Lipinski definition) is 2. The normalized spacial score (nSPS) is 13.9. The number of aliphatic hydroxyl groups is 1. The van der Waals surface area contributed by atoms with Crippen molar-refractivity contribution >= 4 is 17.5 Å². The van der Waals surface area contributed by atoms with Crippen molar-refractivity contribution in [3.05, 3.63) is 35.9 Å². The lowest BCUT2D eigenvalue weighted by molar-refractivity contribution is -0.121. The van der Waals surface area contributed by atoms with Crippen LogP contribution in [0, 0.1) is 5.92 Å². The lowest BCUT2D eigenvalue weighted by Gasteiger charge is -2.16. The number of benzene rings is 1. The van der Waals surface area contributed by atoms with Crippen molar-refractivity contribution in [1.82, 2.24) is 5.32 Å². The third-order valence-electron chi connectivity index (χ3n) is 3.00. The maximum absolute atomic E-state index is 11.9. The third kappa shape index (κ3) is 4.67. The molecule has 1 aromatic carbocycles. The SMILES string of the molecule is CCC(CCO)CNC(=O)C(Cl)c1ccccc1. The molecule has 0 heterocycles. The molecule has 1 rings (SSSR count). The fraction of sp³-hybridized carbons (Fsp3) is 0.500. The Balaban J connectivity index is 2.45. The molecule has 0 aliphatic carbocycles. The summed E-state index contributed by atoms with van der Waals surface area (Å²) in [6.07, 6.45) is 1.63. The van der Waals surface area contributed by atoms with Crippen molar-refractivity contribution in [2.45, 2.75) is 25.1 Å². The summed E-state index contributed by atoms with van der Waals surface area (Å²) in [5.41, 5.74) is 0.798. The van der Waals surface area contributed by atoms with Gasteiger partial charge in [-0.15, -0.1) is 11.6 Å². The van der Waals surface area contributed by atoms with Gasteiger partial charge in [-0.25, -0.2) is 0 Å². The van der Waals surface area contributed by atoms with Gasteiger partial charge in [0.05, 0.1) is 0 Å². The van der Waals surface area contributed by atoms with Gasteiger partial charge in [-0.1, -0.05) is 43.7 Å². The van der Waals surface area contributed by atoms with Crippen molar-refractivity contribution in [2.24, 2.45) is 5.92 Å². The van der Waals surface area contributed by atoms with Crippen LogP contribution in [0.1, 0.15) is 30.7 Å². The molecule has 100 valence electrons. The Morgan fingerprint density at radius 2 is 2.06 bits per heavy atom. The van der Waals surface area contributed by atoms with E-state index in [0.29, 0.717) is 18.9 Å². The van der Waals surface area contributed by atoms with Crippen LogP contribution in [0.5, 0.6) is 0 Å². The largest absolute Gasteiger partial charge is 0.396 e. The molecule has 18 heavy (non-hydrogen) atoms. The number of alkyl halides is 1. The average Bonchev–Trinajstić information content (AvgIpc) is 2.43. The molecule has 0 spiro atoms. The van der Waals surface area contributed by atoms with E-state index in [0.717, 1.165) is 12.0 Å². The minimum absolute atomic E-state index is 0.150. The minimum atomic E-state index is -0.655. The van der Waals surface area contributed by atoms with Gasteiger partial charge < -0.3 is 10.4 Å². The van der Waals surface area contributed by atoms with Crippen LogP contribution in [0.2, 0.25) is 0 Å². The third-order valence-corrected chi connectivity index (χ3v) is 3.45. The molecule has 0 fully saturated rings. The van der Waals surface area contributed by atoms with Crippen molar-refractivity contribution in [3.63, 3.8) is 0 Å². The maximum Gasteiger partial charge on any atom is 0.242 e. The van der Waals surface area contributed by atoms with Crippen LogP contribution < -0.4 is 5.32 Å². The van der Waals surface area contributed by atoms with Gasteiger partial charge in [0.2, 0.25) is 5.91 Å². The molecule has 0 bridgehead atoms. The number of amides is 1. The van der Waals surface area contributed by atoms with Crippen LogP contribution in [0.4, 0.5) is 0 Å². The lowest BCUT2D eigenvalue weighted by atomic mass is 10.0. The number of halogens is 1. The van der Waals surface area contributed by atoms with E-state index in [2.05, 4.69) is 5.32 Å². The summed E-state index contributed by atoms with van der Waals surface area (Å²) >= 11 is 6.10. The highest BCUT2D eigenvalue weighted by atomic mass is 35.5. The Labute approximate surface area is 113 Å². The first-order valence-electron chi connectivity index (χ1n) is 6.26. The van der Waals surface area contributed by atoms with Gasteiger partial charge in [0, 0.05) is 13.2 Å². The second-order valence-corrected chi connectivity index (χ2v) is 4.74. The average molecular weight is 270 g/mol. The molecule has 3 nitrogen and oxygen atoms in total. The Morgan fingerprint density at radius 1 is 1.39 bits per heavy atom. The van der Waals surface area contributed by atoms with E-state index in [4.69, 9.17) is 16.7 Å². The van der Waals surface area contributed by atoms with Crippen LogP contribution in [-0.2, 0) is 4.79 Å². The zero-order valence-electron chi connectivity index (χ0n) is 10.6. The van der Waals surface area contributed by atoms with Crippen LogP contribution in [0.3, 0.4) is 0 Å². The second-order valence-electron chi connectivity index (χ2n) is 4.30. The summed E-state index contributed by atoms with van der Waals surface area (Å²) in [6.45, 7) is 2.76. The monoisotopic (exact) mass is 269 g/mol. The number of rotatable bonds is 7. The first kappa shape index (κ1) is 15.0. The summed E-state index contributed by atoms with van der Waals surface area (Å²) in [5.74, 6) is 0.123. The Bertz CT molecular complexity index is 356. The van der Waals surface area contributed by atoms with Crippen LogP contribution in [0.25, 0.3) is 0 Å². The molecule has 0 aromatic heterocycles. The molecule has 2 unspecified atom stereocenters. The molecule has 1 amide bonds. The van der Waals surface area contributed by atoms with Crippen molar-refractivity contribution < 1.29 is 9.90 Å². The lowest BCUT2D eigenvalue weighted by Crippen LogP contribution is -2.32. The molecule has 2 N–H and O–H groups in total. The van der Waals surface area contributed by atoms with Crippen molar-refractivity contribution in [3.8, 4) is 0 Å². The predicted molar refractivity (Wildman–Crippen MR) is 73.5 cm³/mol. The molecule has 0 saturated carbocycles. The zero-order valence-corrected chi connectivity index (χ0v) is 11.4. The van der Waals surface area contributed by atoms with Gasteiger partial charge in [0.1, 0.15) is 5.38 Å². The fourth-order valence-electron chi connectivity index (χ4n) is 1.74. The van der Waals surface area contributed by atoms with E-state index in [1.54, 1.807) is 0 Å². The van der Waals surface area contributed by atoms with Gasteiger partial charge in [-0.3, -0.25) is 4.79 Å². The van der Waals surface area contributed by atoms with E-state index in [-0.39, 0.29) is 12.5 Å². The Hall–Kier alpha value is -1.06. The molecule has 2 atom stereocenters. The van der Waals surface area contributed by atoms with E-state index < -0.39 is 5.38 Å². The smallest absolute Gasteiger partial charge is 0.242 e. The van der Waals surface area contributed by atoms with Crippen LogP contribution in [0.15, 0.2) is 30.3 Å². The molecule has 0 aliphatic heterocycles. The predicted octanol–water partition coefficient (Wildman–Crippen LogP) is 2.49. The Morgan fingerprint density at radius 3 is 2.61 bits per heavy atom. The molecule has 0 radical (unpaired) electrons. The molecular formula is C14H20ClNO2. The quantitative estimate of drug-likeness (QED) is 0.747. The summed E-state index contributed by atoms with van der Waals surface area (Å²) in [5, 5.41) is 11.1. The number of nitrogens with one attached hydrogen (secondary N) is 1. The van der Waals surface area contributed by atoms with E-state index in [1.165, 1.54) is 0 Å². The first-order valence-corrected chi connectivity index (χ1v) is 6.70. The van der Waals surface area contributed by atoms with Crippen LogP contribution in [-0.4, -0.2) is 24.2 Å². The van der Waals surface area contributed by atoms with E-state index in [1.807, 2.05) is 37.3 Å². The summed E-state index contributed by atoms with van der Waals surface area (Å²) in [6, 6.07) is 9.28. The van der Waals surface area contributed by atoms with E-state index in [9.17, 15) is 4.79 Å². The summed E-state index contributed by atoms with van der Waals surface area (Å²) < 4.78 is 0. The number of aliphatic hydroxyl groups excluding tert-OH is 1. The number of hydrogen-bond acceptors (Lipinski definition) is 2. The van der Waals surface area contributed by atoms with Crippen molar-refractivity contribution in [1.29, 1.82) is 0 Å². The van der Waals surface area contributed by atoms with Gasteiger partial charge in [0.25, 0.3) is 0 Å². The maximum atomic E-state index is 11.9. The highest BCUT2D eigenvalue weighted by Gasteiger charge is 2.17. The second kappa shape index (κ2) is 8.11. The summed E-state index contributed by atoms with van der Waals surface area (Å²) in [7, 11) is 0. The van der Waals surface area contributed by atoms with Gasteiger partial charge in [-0.05, 0) is 17.9 Å². The first-order chi connectivity index (χ1) is 8.69. The molecule has 1 aromatic rings. The zero-order chi connectivity index (χ0) is 13.4. The fourth-order valence-corrected chi connectivity index (χ4v) is 1.96. The van der Waals surface area contributed by atoms with Gasteiger partial charge in [-0.2, -0.15) is 0 Å².